The molecule has 3 N–H and O–H groups in total. The van der Waals surface area contributed by atoms with E-state index in [1.165, 1.54) is 96.8 Å². The second-order valence-corrected chi connectivity index (χ2v) is 13.6. The summed E-state index contributed by atoms with van der Waals surface area (Å²) in [6, 6.07) is 0. The maximum atomic E-state index is 10.8. The Morgan fingerprint density at radius 1 is 0.589 bits per heavy atom. The lowest BCUT2D eigenvalue weighted by Crippen LogP contribution is -2.46. The molecule has 0 amide bonds. The first-order valence-corrected chi connectivity index (χ1v) is 21.5. The molecule has 1 heterocycles. The van der Waals surface area contributed by atoms with E-state index in [0.29, 0.717) is 19.8 Å². The van der Waals surface area contributed by atoms with Crippen LogP contribution >= 0.6 is 0 Å². The number of allylic oxidation sites excluding steroid dienone is 2. The third kappa shape index (κ3) is 35.9. The monoisotopic (exact) mass is 811 g/mol. The molecule has 0 aromatic carbocycles. The van der Waals surface area contributed by atoms with Crippen LogP contribution in [0.4, 0.5) is 0 Å². The Balaban J connectivity index is 0.00000141. The number of rotatable bonds is 41. The third-order valence-electron chi connectivity index (χ3n) is 8.68. The summed E-state index contributed by atoms with van der Waals surface area (Å²) in [7, 11) is 0. The van der Waals surface area contributed by atoms with Crippen LogP contribution in [0.25, 0.3) is 0 Å². The summed E-state index contributed by atoms with van der Waals surface area (Å²) >= 11 is 0. The van der Waals surface area contributed by atoms with E-state index in [1.807, 2.05) is 0 Å². The van der Waals surface area contributed by atoms with E-state index in [1.54, 1.807) is 0 Å². The fraction of sp³-hybridized carbons (Fsp3) is 0.929. The largest absolute Gasteiger partial charge is 0.463 e. The molecule has 1 aliphatic rings. The zero-order valence-electron chi connectivity index (χ0n) is 35.4. The van der Waals surface area contributed by atoms with Gasteiger partial charge in [0.05, 0.1) is 112 Å². The zero-order valence-corrected chi connectivity index (χ0v) is 35.4. The molecule has 0 spiro atoms. The average molecular weight is 811 g/mol. The van der Waals surface area contributed by atoms with Gasteiger partial charge in [0, 0.05) is 6.92 Å². The highest BCUT2D eigenvalue weighted by atomic mass is 16.6. The lowest BCUT2D eigenvalue weighted by molar-refractivity contribution is -0.144. The lowest BCUT2D eigenvalue weighted by atomic mass is 10.1. The molecule has 0 aromatic rings. The van der Waals surface area contributed by atoms with Crippen molar-refractivity contribution in [2.45, 2.75) is 135 Å². The van der Waals surface area contributed by atoms with Crippen LogP contribution in [0, 0.1) is 0 Å². The SMILES string of the molecule is CC(=O)OCCOCCOCC(OCCOCCO)[C@H]1OC[C@@H](OCCOCCO)[C@@H]1OCCOCCO.CCCCCCCC/C=C\CCCCCCCC. The number of ether oxygens (including phenoxy) is 10. The molecular formula is C42H82O14. The van der Waals surface area contributed by atoms with Crippen LogP contribution < -0.4 is 0 Å². The topological polar surface area (TPSA) is 170 Å². The molecule has 0 aromatic heterocycles. The van der Waals surface area contributed by atoms with Crippen LogP contribution in [0.2, 0.25) is 0 Å². The molecule has 0 bridgehead atoms. The first-order chi connectivity index (χ1) is 27.5. The van der Waals surface area contributed by atoms with E-state index < -0.39 is 24.4 Å². The van der Waals surface area contributed by atoms with Crippen molar-refractivity contribution >= 4 is 5.97 Å². The molecule has 1 unspecified atom stereocenters. The summed E-state index contributed by atoms with van der Waals surface area (Å²) in [5.74, 6) is -0.360. The van der Waals surface area contributed by atoms with Crippen molar-refractivity contribution in [3.05, 3.63) is 12.2 Å². The van der Waals surface area contributed by atoms with Gasteiger partial charge in [0.15, 0.2) is 0 Å². The van der Waals surface area contributed by atoms with Crippen LogP contribution in [-0.4, -0.2) is 165 Å². The van der Waals surface area contributed by atoms with Crippen LogP contribution in [0.3, 0.4) is 0 Å². The normalized spacial score (nSPS) is 17.4. The van der Waals surface area contributed by atoms with Gasteiger partial charge in [0.2, 0.25) is 0 Å². The summed E-state index contributed by atoms with van der Waals surface area (Å²) in [5, 5.41) is 26.6. The van der Waals surface area contributed by atoms with Gasteiger partial charge in [-0.1, -0.05) is 90.2 Å². The van der Waals surface area contributed by atoms with Gasteiger partial charge in [-0.05, 0) is 25.7 Å². The molecule has 0 saturated carbocycles. The summed E-state index contributed by atoms with van der Waals surface area (Å²) in [4.78, 5) is 10.8. The highest BCUT2D eigenvalue weighted by Gasteiger charge is 2.44. The van der Waals surface area contributed by atoms with Gasteiger partial charge in [-0.2, -0.15) is 0 Å². The molecule has 14 nitrogen and oxygen atoms in total. The summed E-state index contributed by atoms with van der Waals surface area (Å²) in [6.07, 6.45) is 22.5. The summed E-state index contributed by atoms with van der Waals surface area (Å²) in [6.45, 7) is 9.53. The van der Waals surface area contributed by atoms with Crippen LogP contribution in [0.1, 0.15) is 111 Å². The molecule has 0 aliphatic carbocycles. The molecule has 1 fully saturated rings. The number of hydrogen-bond donors (Lipinski definition) is 3. The molecule has 0 radical (unpaired) electrons. The van der Waals surface area contributed by atoms with Gasteiger partial charge >= 0.3 is 5.97 Å². The first kappa shape index (κ1) is 54.7. The first-order valence-electron chi connectivity index (χ1n) is 21.5. The van der Waals surface area contributed by atoms with E-state index >= 15 is 0 Å². The van der Waals surface area contributed by atoms with Gasteiger partial charge in [-0.3, -0.25) is 4.79 Å². The van der Waals surface area contributed by atoms with Crippen molar-refractivity contribution in [3.8, 4) is 0 Å². The number of carbonyl (C=O) groups is 1. The number of unbranched alkanes of at least 4 members (excludes halogenated alkanes) is 12. The Morgan fingerprint density at radius 3 is 1.61 bits per heavy atom. The fourth-order valence-electron chi connectivity index (χ4n) is 5.75. The molecule has 4 atom stereocenters. The van der Waals surface area contributed by atoms with E-state index in [9.17, 15) is 4.79 Å². The highest BCUT2D eigenvalue weighted by Crippen LogP contribution is 2.25. The second-order valence-electron chi connectivity index (χ2n) is 13.6. The number of hydrogen-bond acceptors (Lipinski definition) is 14. The van der Waals surface area contributed by atoms with Crippen molar-refractivity contribution < 1.29 is 67.5 Å². The van der Waals surface area contributed by atoms with Crippen molar-refractivity contribution in [2.75, 3.05) is 119 Å². The summed E-state index contributed by atoms with van der Waals surface area (Å²) < 4.78 is 55.9. The van der Waals surface area contributed by atoms with E-state index in [0.717, 1.165) is 0 Å². The lowest BCUT2D eigenvalue weighted by Gasteiger charge is -2.29. The molecule has 1 aliphatic heterocycles. The number of carbonyl (C=O) groups excluding carboxylic acids is 1. The van der Waals surface area contributed by atoms with Crippen molar-refractivity contribution in [1.82, 2.24) is 0 Å². The van der Waals surface area contributed by atoms with E-state index in [-0.39, 0.29) is 105 Å². The van der Waals surface area contributed by atoms with Gasteiger partial charge in [-0.25, -0.2) is 0 Å². The molecule has 1 rings (SSSR count). The van der Waals surface area contributed by atoms with Crippen LogP contribution in [0.5, 0.6) is 0 Å². The quantitative estimate of drug-likeness (QED) is 0.0418. The Kier molecular flexibility index (Phi) is 43.8. The Morgan fingerprint density at radius 2 is 1.05 bits per heavy atom. The number of aliphatic hydroxyl groups excluding tert-OH is 3. The Labute approximate surface area is 339 Å². The summed E-state index contributed by atoms with van der Waals surface area (Å²) in [5.41, 5.74) is 0. The number of esters is 1. The molecule has 14 heteroatoms. The molecule has 56 heavy (non-hydrogen) atoms. The maximum Gasteiger partial charge on any atom is 0.302 e. The smallest absolute Gasteiger partial charge is 0.302 e. The average Bonchev–Trinajstić information content (AvgIpc) is 3.60. The van der Waals surface area contributed by atoms with Crippen molar-refractivity contribution in [3.63, 3.8) is 0 Å². The zero-order chi connectivity index (χ0) is 41.0. The van der Waals surface area contributed by atoms with Crippen LogP contribution in [-0.2, 0) is 52.2 Å². The van der Waals surface area contributed by atoms with Gasteiger partial charge in [0.1, 0.15) is 31.0 Å². The molecule has 334 valence electrons. The minimum atomic E-state index is -0.517. The van der Waals surface area contributed by atoms with E-state index in [4.69, 9.17) is 62.7 Å². The number of aliphatic hydroxyl groups is 3. The molecular weight excluding hydrogens is 728 g/mol. The minimum absolute atomic E-state index is 0.0630. The van der Waals surface area contributed by atoms with Crippen molar-refractivity contribution in [2.24, 2.45) is 0 Å². The predicted octanol–water partition coefficient (Wildman–Crippen LogP) is 5.21. The highest BCUT2D eigenvalue weighted by molar-refractivity contribution is 5.65. The Hall–Kier alpha value is -1.27. The van der Waals surface area contributed by atoms with Crippen LogP contribution in [0.15, 0.2) is 12.2 Å². The Bertz CT molecular complexity index is 802. The second kappa shape index (κ2) is 44.8. The van der Waals surface area contributed by atoms with Gasteiger partial charge in [-0.15, -0.1) is 0 Å². The van der Waals surface area contributed by atoms with Gasteiger partial charge < -0.3 is 62.7 Å². The standard InChI is InChI=1S/C24H46O14.C18H36/c1-20(28)34-14-10-32-8-9-33-18-21(35-15-11-29-5-2-25)24-23(37-17-13-31-7-4-27)22(19-38-24)36-16-12-30-6-3-26;1-3-5-7-9-11-13-15-17-18-16-14-12-10-8-6-4-2/h21-27H,2-19H2,1H3;17-18H,3-16H2,1-2H3/b;18-17-/t21?,22-,23+,24-;/m1./s1. The third-order valence-corrected chi connectivity index (χ3v) is 8.68. The van der Waals surface area contributed by atoms with Crippen molar-refractivity contribution in [1.29, 1.82) is 0 Å². The van der Waals surface area contributed by atoms with E-state index in [2.05, 4.69) is 26.0 Å². The minimum Gasteiger partial charge on any atom is -0.463 e. The molecule has 1 saturated heterocycles. The maximum absolute atomic E-state index is 10.8. The fourth-order valence-corrected chi connectivity index (χ4v) is 5.75. The predicted molar refractivity (Wildman–Crippen MR) is 216 cm³/mol. The van der Waals surface area contributed by atoms with Gasteiger partial charge in [0.25, 0.3) is 0 Å².